The van der Waals surface area contributed by atoms with E-state index in [1.807, 2.05) is 0 Å². The number of nitrogens with one attached hydrogen (secondary N) is 1. The molecule has 0 aromatic carbocycles. The van der Waals surface area contributed by atoms with Crippen LogP contribution in [0.1, 0.15) is 27.7 Å². The molecule has 0 saturated heterocycles. The summed E-state index contributed by atoms with van der Waals surface area (Å²) in [4.78, 5) is 4.19. The van der Waals surface area contributed by atoms with Crippen LogP contribution in [0.25, 0.3) is 0 Å². The molecule has 1 aliphatic rings. The first kappa shape index (κ1) is 10.7. The van der Waals surface area contributed by atoms with E-state index < -0.39 is 0 Å². The maximum absolute atomic E-state index is 5.62. The largest absolute Gasteiger partial charge is 0.389 e. The second kappa shape index (κ2) is 3.11. The van der Waals surface area contributed by atoms with Gasteiger partial charge >= 0.3 is 0 Å². The maximum Gasteiger partial charge on any atom is 0.184 e. The first-order chi connectivity index (χ1) is 6.85. The Labute approximate surface area is 95.1 Å². The van der Waals surface area contributed by atoms with Gasteiger partial charge in [-0.1, -0.05) is 39.0 Å². The third-order valence-corrected chi connectivity index (χ3v) is 5.08. The van der Waals surface area contributed by atoms with Gasteiger partial charge in [0.25, 0.3) is 0 Å². The summed E-state index contributed by atoms with van der Waals surface area (Å²) < 4.78 is 0. The van der Waals surface area contributed by atoms with Crippen LogP contribution in [0, 0.1) is 16.7 Å². The molecule has 1 saturated carbocycles. The van der Waals surface area contributed by atoms with Gasteiger partial charge in [-0.15, -0.1) is 0 Å². The normalized spacial score (nSPS) is 22.7. The molecule has 3 nitrogen and oxygen atoms in total. The minimum absolute atomic E-state index is 0.433. The summed E-state index contributed by atoms with van der Waals surface area (Å²) >= 11 is 1.51. The molecular weight excluding hydrogens is 206 g/mol. The molecule has 0 atom stereocenters. The van der Waals surface area contributed by atoms with E-state index in [1.165, 1.54) is 11.3 Å². The Morgan fingerprint density at radius 3 is 2.40 bits per heavy atom. The predicted octanol–water partition coefficient (Wildman–Crippen LogP) is 2.82. The Morgan fingerprint density at radius 1 is 1.40 bits per heavy atom. The molecule has 3 N–H and O–H groups in total. The van der Waals surface area contributed by atoms with Crippen molar-refractivity contribution in [2.75, 3.05) is 17.6 Å². The zero-order chi connectivity index (χ0) is 11.3. The standard InChI is InChI=1S/C11H19N3S/c1-10(2)7(11(10,3)4)5-13-9-14-6-8(12)15-9/h6-7H,5,12H2,1-4H3,(H,13,14). The van der Waals surface area contributed by atoms with Crippen LogP contribution < -0.4 is 11.1 Å². The van der Waals surface area contributed by atoms with Crippen molar-refractivity contribution in [3.05, 3.63) is 6.20 Å². The molecule has 1 heterocycles. The number of rotatable bonds is 3. The lowest BCUT2D eigenvalue weighted by atomic mass is 10.0. The summed E-state index contributed by atoms with van der Waals surface area (Å²) in [5.41, 5.74) is 6.49. The fraction of sp³-hybridized carbons (Fsp3) is 0.727. The maximum atomic E-state index is 5.62. The zero-order valence-electron chi connectivity index (χ0n) is 9.79. The van der Waals surface area contributed by atoms with Gasteiger partial charge < -0.3 is 11.1 Å². The molecule has 15 heavy (non-hydrogen) atoms. The van der Waals surface area contributed by atoms with Crippen LogP contribution in [-0.2, 0) is 0 Å². The van der Waals surface area contributed by atoms with Gasteiger partial charge in [-0.05, 0) is 16.7 Å². The molecule has 0 amide bonds. The Hall–Kier alpha value is -0.770. The second-order valence-corrected chi connectivity index (χ2v) is 6.51. The third kappa shape index (κ3) is 1.61. The molecule has 84 valence electrons. The van der Waals surface area contributed by atoms with Crippen molar-refractivity contribution in [1.82, 2.24) is 4.98 Å². The van der Waals surface area contributed by atoms with E-state index in [9.17, 15) is 0 Å². The topological polar surface area (TPSA) is 50.9 Å². The molecule has 0 unspecified atom stereocenters. The summed E-state index contributed by atoms with van der Waals surface area (Å²) in [6.45, 7) is 10.3. The van der Waals surface area contributed by atoms with Crippen molar-refractivity contribution in [2.24, 2.45) is 16.7 Å². The Kier molecular flexibility index (Phi) is 2.23. The SMILES string of the molecule is CC1(C)C(CNc2ncc(N)s2)C1(C)C. The van der Waals surface area contributed by atoms with Gasteiger partial charge in [0.1, 0.15) is 5.00 Å². The molecular formula is C11H19N3S. The summed E-state index contributed by atoms with van der Waals surface area (Å²) in [6.07, 6.45) is 1.70. The number of nitrogens with zero attached hydrogens (tertiary/aromatic N) is 1. The van der Waals surface area contributed by atoms with Crippen LogP contribution in [0.2, 0.25) is 0 Å². The minimum atomic E-state index is 0.433. The summed E-state index contributed by atoms with van der Waals surface area (Å²) in [5, 5.41) is 5.07. The highest BCUT2D eigenvalue weighted by atomic mass is 32.1. The van der Waals surface area contributed by atoms with Crippen LogP contribution in [0.5, 0.6) is 0 Å². The van der Waals surface area contributed by atoms with Gasteiger partial charge in [-0.2, -0.15) is 0 Å². The summed E-state index contributed by atoms with van der Waals surface area (Å²) in [7, 11) is 0. The smallest absolute Gasteiger partial charge is 0.184 e. The summed E-state index contributed by atoms with van der Waals surface area (Å²) in [5.74, 6) is 0.718. The van der Waals surface area contributed by atoms with Crippen LogP contribution >= 0.6 is 11.3 Å². The third-order valence-electron chi connectivity index (χ3n) is 4.30. The van der Waals surface area contributed by atoms with E-state index in [1.54, 1.807) is 6.20 Å². The predicted molar refractivity (Wildman–Crippen MR) is 66.1 cm³/mol. The Bertz CT molecular complexity index is 354. The highest BCUT2D eigenvalue weighted by Gasteiger charge is 2.64. The van der Waals surface area contributed by atoms with Gasteiger partial charge in [0.2, 0.25) is 0 Å². The second-order valence-electron chi connectivity index (χ2n) is 5.44. The van der Waals surface area contributed by atoms with E-state index in [2.05, 4.69) is 38.0 Å². The van der Waals surface area contributed by atoms with Crippen LogP contribution in [0.3, 0.4) is 0 Å². The van der Waals surface area contributed by atoms with E-state index in [4.69, 9.17) is 5.73 Å². The molecule has 1 aromatic heterocycles. The van der Waals surface area contributed by atoms with E-state index in [-0.39, 0.29) is 0 Å². The number of anilines is 2. The van der Waals surface area contributed by atoms with Crippen molar-refractivity contribution >= 4 is 21.5 Å². The van der Waals surface area contributed by atoms with Gasteiger partial charge in [-0.25, -0.2) is 4.98 Å². The number of hydrogen-bond acceptors (Lipinski definition) is 4. The van der Waals surface area contributed by atoms with Crippen molar-refractivity contribution in [1.29, 1.82) is 0 Å². The number of hydrogen-bond donors (Lipinski definition) is 2. The average Bonchev–Trinajstić information content (AvgIpc) is 2.50. The lowest BCUT2D eigenvalue weighted by Crippen LogP contribution is -2.07. The highest BCUT2D eigenvalue weighted by Crippen LogP contribution is 2.68. The van der Waals surface area contributed by atoms with E-state index in [0.29, 0.717) is 10.8 Å². The molecule has 0 bridgehead atoms. The molecule has 1 aromatic rings. The number of nitrogens with two attached hydrogens (primary N) is 1. The Morgan fingerprint density at radius 2 is 2.00 bits per heavy atom. The molecule has 4 heteroatoms. The quantitative estimate of drug-likeness (QED) is 0.831. The average molecular weight is 225 g/mol. The highest BCUT2D eigenvalue weighted by molar-refractivity contribution is 7.19. The van der Waals surface area contributed by atoms with Gasteiger partial charge in [0.15, 0.2) is 5.13 Å². The lowest BCUT2D eigenvalue weighted by Gasteiger charge is -2.04. The molecule has 2 rings (SSSR count). The first-order valence-corrected chi connectivity index (χ1v) is 6.12. The van der Waals surface area contributed by atoms with Crippen molar-refractivity contribution in [3.63, 3.8) is 0 Å². The molecule has 1 fully saturated rings. The monoisotopic (exact) mass is 225 g/mol. The van der Waals surface area contributed by atoms with Crippen molar-refractivity contribution in [3.8, 4) is 0 Å². The number of aromatic nitrogens is 1. The van der Waals surface area contributed by atoms with E-state index in [0.717, 1.165) is 22.6 Å². The Balaban J connectivity index is 1.91. The van der Waals surface area contributed by atoms with Crippen LogP contribution in [0.4, 0.5) is 10.1 Å². The molecule has 0 radical (unpaired) electrons. The van der Waals surface area contributed by atoms with Crippen LogP contribution in [0.15, 0.2) is 6.20 Å². The number of nitrogen functional groups attached to an aromatic ring is 1. The van der Waals surface area contributed by atoms with Crippen molar-refractivity contribution < 1.29 is 0 Å². The minimum Gasteiger partial charge on any atom is -0.389 e. The van der Waals surface area contributed by atoms with Crippen LogP contribution in [-0.4, -0.2) is 11.5 Å². The molecule has 1 aliphatic carbocycles. The van der Waals surface area contributed by atoms with Gasteiger partial charge in [0, 0.05) is 6.54 Å². The number of thiazole rings is 1. The lowest BCUT2D eigenvalue weighted by molar-refractivity contribution is 0.457. The van der Waals surface area contributed by atoms with Gasteiger partial charge in [-0.3, -0.25) is 0 Å². The molecule has 0 spiro atoms. The van der Waals surface area contributed by atoms with E-state index >= 15 is 0 Å². The van der Waals surface area contributed by atoms with Gasteiger partial charge in [0.05, 0.1) is 6.20 Å². The van der Waals surface area contributed by atoms with Crippen molar-refractivity contribution in [2.45, 2.75) is 27.7 Å². The summed E-state index contributed by atoms with van der Waals surface area (Å²) in [6, 6.07) is 0. The molecule has 0 aliphatic heterocycles. The first-order valence-electron chi connectivity index (χ1n) is 5.31. The fourth-order valence-corrected chi connectivity index (χ4v) is 2.99. The zero-order valence-corrected chi connectivity index (χ0v) is 10.6. The fourth-order valence-electron chi connectivity index (χ4n) is 2.40.